The number of carbonyl (C=O) groups is 1. The molecular weight excluding hydrogens is 478 g/mol. The van der Waals surface area contributed by atoms with E-state index in [0.29, 0.717) is 10.8 Å². The van der Waals surface area contributed by atoms with Crippen molar-refractivity contribution in [1.82, 2.24) is 19.5 Å². The molecule has 0 saturated heterocycles. The summed E-state index contributed by atoms with van der Waals surface area (Å²) in [6, 6.07) is 14.5. The van der Waals surface area contributed by atoms with Gasteiger partial charge in [0.15, 0.2) is 5.65 Å². The molecule has 7 heteroatoms. The van der Waals surface area contributed by atoms with Gasteiger partial charge in [0.2, 0.25) is 0 Å². The Bertz CT molecular complexity index is 1440. The Kier molecular flexibility index (Phi) is 6.42. The van der Waals surface area contributed by atoms with Gasteiger partial charge < -0.3 is 10.6 Å². The van der Waals surface area contributed by atoms with Gasteiger partial charge in [0, 0.05) is 47.6 Å². The van der Waals surface area contributed by atoms with E-state index in [4.69, 9.17) is 5.73 Å². The molecule has 6 nitrogen and oxygen atoms in total. The predicted octanol–water partition coefficient (Wildman–Crippen LogP) is 6.14. The van der Waals surface area contributed by atoms with E-state index in [9.17, 15) is 4.79 Å². The van der Waals surface area contributed by atoms with Gasteiger partial charge >= 0.3 is 0 Å². The lowest BCUT2D eigenvalue weighted by atomic mass is 9.75. The molecule has 4 heterocycles. The number of hydrogen-bond donors (Lipinski definition) is 1. The standard InChI is InChI=1S/C30H33N5OS/c1-19-4-6-20(7-5-19)23-12-15-34(2)18-25(23)24-16-27(37-29(24)30(31)36)22-10-8-21(9-11-22)26-17-28-32-13-3-14-35(28)33-26/h3,8-11,13-14,16-17,19-20H,4-7,12,15,18H2,1-2H3,(H2,31,36). The Morgan fingerprint density at radius 3 is 2.57 bits per heavy atom. The summed E-state index contributed by atoms with van der Waals surface area (Å²) in [6.07, 6.45) is 9.86. The Balaban J connectivity index is 1.36. The van der Waals surface area contributed by atoms with Crippen molar-refractivity contribution in [2.75, 3.05) is 20.1 Å². The summed E-state index contributed by atoms with van der Waals surface area (Å²) in [6.45, 7) is 4.32. The van der Waals surface area contributed by atoms with E-state index in [2.05, 4.69) is 59.3 Å². The van der Waals surface area contributed by atoms with Crippen LogP contribution in [0.2, 0.25) is 0 Å². The number of amides is 1. The van der Waals surface area contributed by atoms with Gasteiger partial charge in [0.1, 0.15) is 0 Å². The van der Waals surface area contributed by atoms with Gasteiger partial charge in [0.25, 0.3) is 5.91 Å². The number of nitrogens with zero attached hydrogens (tertiary/aromatic N) is 4. The Morgan fingerprint density at radius 2 is 1.84 bits per heavy atom. The van der Waals surface area contributed by atoms with Crippen LogP contribution in [0.1, 0.15) is 54.3 Å². The Morgan fingerprint density at radius 1 is 1.08 bits per heavy atom. The molecule has 0 atom stereocenters. The lowest BCUT2D eigenvalue weighted by Crippen LogP contribution is -2.30. The molecule has 3 aromatic heterocycles. The third kappa shape index (κ3) is 4.74. The van der Waals surface area contributed by atoms with Crippen molar-refractivity contribution < 1.29 is 4.79 Å². The van der Waals surface area contributed by atoms with Crippen LogP contribution in [-0.4, -0.2) is 45.5 Å². The fourth-order valence-electron chi connectivity index (χ4n) is 5.95. The highest BCUT2D eigenvalue weighted by Gasteiger charge is 2.29. The molecule has 1 amide bonds. The van der Waals surface area contributed by atoms with Crippen molar-refractivity contribution in [2.24, 2.45) is 17.6 Å². The van der Waals surface area contributed by atoms with Gasteiger partial charge in [-0.05, 0) is 61.4 Å². The van der Waals surface area contributed by atoms with Crippen molar-refractivity contribution in [3.8, 4) is 21.7 Å². The normalized spacial score (nSPS) is 21.0. The molecular formula is C30H33N5OS. The minimum absolute atomic E-state index is 0.336. The number of nitrogens with two attached hydrogens (primary N) is 1. The van der Waals surface area contributed by atoms with E-state index >= 15 is 0 Å². The zero-order chi connectivity index (χ0) is 25.5. The minimum Gasteiger partial charge on any atom is -0.365 e. The average Bonchev–Trinajstić information content (AvgIpc) is 3.55. The summed E-state index contributed by atoms with van der Waals surface area (Å²) < 4.78 is 1.79. The summed E-state index contributed by atoms with van der Waals surface area (Å²) in [5, 5.41) is 4.64. The average molecular weight is 512 g/mol. The zero-order valence-corrected chi connectivity index (χ0v) is 22.3. The summed E-state index contributed by atoms with van der Waals surface area (Å²) in [5.74, 6) is 1.11. The molecule has 0 bridgehead atoms. The maximum atomic E-state index is 12.6. The SMILES string of the molecule is CC1CCC(C2=C(c3cc(-c4ccc(-c5cc6ncccn6n5)cc4)sc3C(N)=O)CN(C)CC2)CC1. The monoisotopic (exact) mass is 511 g/mol. The van der Waals surface area contributed by atoms with E-state index in [0.717, 1.165) is 58.3 Å². The van der Waals surface area contributed by atoms with Crippen LogP contribution < -0.4 is 5.73 Å². The summed E-state index contributed by atoms with van der Waals surface area (Å²) >= 11 is 1.51. The first-order valence-electron chi connectivity index (χ1n) is 13.2. The molecule has 37 heavy (non-hydrogen) atoms. The highest BCUT2D eigenvalue weighted by Crippen LogP contribution is 2.43. The van der Waals surface area contributed by atoms with E-state index < -0.39 is 0 Å². The largest absolute Gasteiger partial charge is 0.365 e. The highest BCUT2D eigenvalue weighted by atomic mass is 32.1. The van der Waals surface area contributed by atoms with Crippen LogP contribution in [0.25, 0.3) is 32.9 Å². The molecule has 1 aliphatic heterocycles. The number of hydrogen-bond acceptors (Lipinski definition) is 5. The maximum absolute atomic E-state index is 12.6. The number of rotatable bonds is 5. The number of primary amides is 1. The molecule has 2 aliphatic rings. The first kappa shape index (κ1) is 24.1. The minimum atomic E-state index is -0.336. The number of thiophene rings is 1. The molecule has 0 spiro atoms. The van der Waals surface area contributed by atoms with Crippen molar-refractivity contribution in [3.05, 3.63) is 70.9 Å². The third-order valence-corrected chi connectivity index (χ3v) is 9.27. The van der Waals surface area contributed by atoms with Crippen LogP contribution >= 0.6 is 11.3 Å². The molecule has 1 saturated carbocycles. The van der Waals surface area contributed by atoms with Crippen molar-refractivity contribution in [1.29, 1.82) is 0 Å². The summed E-state index contributed by atoms with van der Waals surface area (Å²) in [7, 11) is 2.17. The zero-order valence-electron chi connectivity index (χ0n) is 21.5. The highest BCUT2D eigenvalue weighted by molar-refractivity contribution is 7.17. The second-order valence-electron chi connectivity index (χ2n) is 10.7. The van der Waals surface area contributed by atoms with Crippen LogP contribution in [0.3, 0.4) is 0 Å². The molecule has 0 radical (unpaired) electrons. The van der Waals surface area contributed by atoms with Crippen molar-refractivity contribution in [3.63, 3.8) is 0 Å². The van der Waals surface area contributed by atoms with E-state index in [1.54, 1.807) is 16.3 Å². The van der Waals surface area contributed by atoms with Gasteiger partial charge in [-0.25, -0.2) is 9.50 Å². The number of likely N-dealkylation sites (N-methyl/N-ethyl adjacent to an activating group) is 1. The van der Waals surface area contributed by atoms with Crippen molar-refractivity contribution >= 4 is 28.5 Å². The number of fused-ring (bicyclic) bond motifs is 1. The summed E-state index contributed by atoms with van der Waals surface area (Å²) in [5.41, 5.74) is 13.7. The molecule has 1 aromatic carbocycles. The van der Waals surface area contributed by atoms with Gasteiger partial charge in [-0.3, -0.25) is 4.79 Å². The lowest BCUT2D eigenvalue weighted by molar-refractivity contribution is 0.100. The Labute approximate surface area is 221 Å². The first-order valence-corrected chi connectivity index (χ1v) is 14.0. The van der Waals surface area contributed by atoms with Crippen LogP contribution in [0, 0.1) is 11.8 Å². The number of aromatic nitrogens is 3. The van der Waals surface area contributed by atoms with Crippen molar-refractivity contribution in [2.45, 2.75) is 39.0 Å². The first-order chi connectivity index (χ1) is 18.0. The topological polar surface area (TPSA) is 76.5 Å². The second kappa shape index (κ2) is 9.88. The predicted molar refractivity (Wildman–Crippen MR) is 150 cm³/mol. The van der Waals surface area contributed by atoms with E-state index in [1.165, 1.54) is 42.6 Å². The molecule has 1 fully saturated rings. The molecule has 2 N–H and O–H groups in total. The van der Waals surface area contributed by atoms with Crippen LogP contribution in [0.5, 0.6) is 0 Å². The molecule has 4 aromatic rings. The van der Waals surface area contributed by atoms with Crippen LogP contribution in [0.4, 0.5) is 0 Å². The molecule has 1 aliphatic carbocycles. The quantitative estimate of drug-likeness (QED) is 0.349. The number of benzene rings is 1. The molecule has 6 rings (SSSR count). The number of carbonyl (C=O) groups excluding carboxylic acids is 1. The summed E-state index contributed by atoms with van der Waals surface area (Å²) in [4.78, 5) is 21.1. The van der Waals surface area contributed by atoms with Gasteiger partial charge in [-0.1, -0.05) is 49.6 Å². The maximum Gasteiger partial charge on any atom is 0.259 e. The fourth-order valence-corrected chi connectivity index (χ4v) is 6.99. The van der Waals surface area contributed by atoms with Gasteiger partial charge in [-0.15, -0.1) is 11.3 Å². The molecule has 0 unspecified atom stereocenters. The van der Waals surface area contributed by atoms with E-state index in [-0.39, 0.29) is 5.91 Å². The molecule has 190 valence electrons. The van der Waals surface area contributed by atoms with E-state index in [1.807, 2.05) is 18.3 Å². The third-order valence-electron chi connectivity index (χ3n) is 8.07. The van der Waals surface area contributed by atoms with Crippen LogP contribution in [-0.2, 0) is 0 Å². The Hall–Kier alpha value is -3.29. The second-order valence-corrected chi connectivity index (χ2v) is 11.7. The van der Waals surface area contributed by atoms with Gasteiger partial charge in [0.05, 0.1) is 10.6 Å². The lowest BCUT2D eigenvalue weighted by Gasteiger charge is -2.35. The van der Waals surface area contributed by atoms with Crippen LogP contribution in [0.15, 0.2) is 60.4 Å². The smallest absolute Gasteiger partial charge is 0.259 e. The fraction of sp³-hybridized carbons (Fsp3) is 0.367. The van der Waals surface area contributed by atoms with Gasteiger partial charge in [-0.2, -0.15) is 5.10 Å².